The average molecular weight is 432 g/mol. The van der Waals surface area contributed by atoms with Crippen molar-refractivity contribution in [3.05, 3.63) is 69.4 Å². The molecule has 0 aliphatic rings. The minimum absolute atomic E-state index is 0.735. The predicted molar refractivity (Wildman–Crippen MR) is 102 cm³/mol. The first-order valence-corrected chi connectivity index (χ1v) is 8.53. The van der Waals surface area contributed by atoms with Crippen LogP contribution < -0.4 is 0 Å². The van der Waals surface area contributed by atoms with E-state index >= 15 is 0 Å². The highest BCUT2D eigenvalue weighted by Crippen LogP contribution is 2.27. The highest BCUT2D eigenvalue weighted by molar-refractivity contribution is 14.1. The van der Waals surface area contributed by atoms with Crippen molar-refractivity contribution in [1.82, 2.24) is 15.0 Å². The van der Waals surface area contributed by atoms with E-state index in [9.17, 15) is 0 Å². The molecule has 0 amide bonds. The van der Waals surface area contributed by atoms with E-state index in [1.165, 1.54) is 0 Å². The normalized spacial score (nSPS) is 11.0. The number of fused-ring (bicyclic) bond motifs is 1. The summed E-state index contributed by atoms with van der Waals surface area (Å²) in [6.45, 7) is 0. The molecular formula is C18H11ClIN3. The number of hydrogen-bond acceptors (Lipinski definition) is 2. The summed E-state index contributed by atoms with van der Waals surface area (Å²) in [6.07, 6.45) is 1.80. The Hall–Kier alpha value is -1.92. The van der Waals surface area contributed by atoms with Gasteiger partial charge in [0.2, 0.25) is 0 Å². The fourth-order valence-corrected chi connectivity index (χ4v) is 3.09. The van der Waals surface area contributed by atoms with Crippen LogP contribution in [0.4, 0.5) is 0 Å². The molecule has 4 aromatic rings. The molecule has 5 heteroatoms. The first kappa shape index (κ1) is 14.7. The van der Waals surface area contributed by atoms with Crippen LogP contribution >= 0.6 is 34.2 Å². The van der Waals surface area contributed by atoms with Gasteiger partial charge in [-0.3, -0.25) is 4.98 Å². The molecule has 0 spiro atoms. The molecule has 0 saturated heterocycles. The van der Waals surface area contributed by atoms with E-state index in [-0.39, 0.29) is 0 Å². The molecule has 23 heavy (non-hydrogen) atoms. The number of halogens is 2. The summed E-state index contributed by atoms with van der Waals surface area (Å²) in [5.74, 6) is 0.839. The Balaban J connectivity index is 1.73. The van der Waals surface area contributed by atoms with Crippen LogP contribution in [0.15, 0.2) is 60.8 Å². The molecule has 0 unspecified atom stereocenters. The lowest BCUT2D eigenvalue weighted by Gasteiger charge is -2.01. The fraction of sp³-hybridized carbons (Fsp3) is 0. The standard InChI is InChI=1S/C18H11ClIN3/c19-13-9-16-17(10-14(13)20)23-18(22-16)12-6-4-11(5-7-12)15-3-1-2-8-21-15/h1-10H,(H,22,23). The molecule has 4 rings (SSSR count). The van der Waals surface area contributed by atoms with E-state index in [4.69, 9.17) is 11.6 Å². The van der Waals surface area contributed by atoms with Crippen LogP contribution in [0, 0.1) is 3.57 Å². The van der Waals surface area contributed by atoms with Gasteiger partial charge in [0.25, 0.3) is 0 Å². The highest BCUT2D eigenvalue weighted by atomic mass is 127. The summed E-state index contributed by atoms with van der Waals surface area (Å²) >= 11 is 8.38. The lowest BCUT2D eigenvalue weighted by Crippen LogP contribution is -1.84. The van der Waals surface area contributed by atoms with E-state index in [2.05, 4.69) is 49.7 Å². The first-order chi connectivity index (χ1) is 11.2. The van der Waals surface area contributed by atoms with E-state index < -0.39 is 0 Å². The summed E-state index contributed by atoms with van der Waals surface area (Å²) in [4.78, 5) is 12.3. The van der Waals surface area contributed by atoms with Gasteiger partial charge >= 0.3 is 0 Å². The van der Waals surface area contributed by atoms with Crippen molar-refractivity contribution < 1.29 is 0 Å². The Kier molecular flexibility index (Phi) is 3.79. The average Bonchev–Trinajstić information content (AvgIpc) is 2.99. The molecule has 1 N–H and O–H groups in total. The second-order valence-electron chi connectivity index (χ2n) is 5.16. The predicted octanol–water partition coefficient (Wildman–Crippen LogP) is 5.55. The van der Waals surface area contributed by atoms with Gasteiger partial charge in [0, 0.05) is 20.9 Å². The maximum absolute atomic E-state index is 6.17. The number of aromatic amines is 1. The maximum atomic E-state index is 6.17. The van der Waals surface area contributed by atoms with Crippen LogP contribution in [0.1, 0.15) is 0 Å². The van der Waals surface area contributed by atoms with Crippen LogP contribution in [0.25, 0.3) is 33.7 Å². The Morgan fingerprint density at radius 1 is 0.957 bits per heavy atom. The van der Waals surface area contributed by atoms with Crippen molar-refractivity contribution in [3.8, 4) is 22.6 Å². The van der Waals surface area contributed by atoms with Gasteiger partial charge in [0.1, 0.15) is 5.82 Å². The molecule has 2 heterocycles. The third kappa shape index (κ3) is 2.84. The zero-order valence-electron chi connectivity index (χ0n) is 11.9. The highest BCUT2D eigenvalue weighted by Gasteiger charge is 2.08. The molecule has 0 atom stereocenters. The number of hydrogen-bond donors (Lipinski definition) is 1. The minimum Gasteiger partial charge on any atom is -0.338 e. The topological polar surface area (TPSA) is 41.6 Å². The summed E-state index contributed by atoms with van der Waals surface area (Å²) in [6, 6.07) is 18.0. The number of benzene rings is 2. The molecule has 0 fully saturated rings. The van der Waals surface area contributed by atoms with Crippen LogP contribution in [-0.2, 0) is 0 Å². The Bertz CT molecular complexity index is 940. The number of aromatic nitrogens is 3. The third-order valence-electron chi connectivity index (χ3n) is 3.64. The largest absolute Gasteiger partial charge is 0.338 e. The summed E-state index contributed by atoms with van der Waals surface area (Å²) in [5, 5.41) is 0.735. The van der Waals surface area contributed by atoms with E-state index in [1.807, 2.05) is 42.5 Å². The monoisotopic (exact) mass is 431 g/mol. The molecular weight excluding hydrogens is 421 g/mol. The van der Waals surface area contributed by atoms with Gasteiger partial charge in [-0.2, -0.15) is 0 Å². The van der Waals surface area contributed by atoms with Crippen molar-refractivity contribution >= 4 is 45.2 Å². The number of imidazole rings is 1. The molecule has 0 bridgehead atoms. The lowest BCUT2D eigenvalue weighted by molar-refractivity contribution is 1.31. The number of rotatable bonds is 2. The van der Waals surface area contributed by atoms with Crippen LogP contribution in [0.3, 0.4) is 0 Å². The van der Waals surface area contributed by atoms with Gasteiger partial charge in [-0.1, -0.05) is 41.9 Å². The molecule has 2 aromatic carbocycles. The minimum atomic E-state index is 0.735. The van der Waals surface area contributed by atoms with Crippen LogP contribution in [-0.4, -0.2) is 15.0 Å². The molecule has 0 aliphatic heterocycles. The summed E-state index contributed by atoms with van der Waals surface area (Å²) in [7, 11) is 0. The lowest BCUT2D eigenvalue weighted by atomic mass is 10.1. The smallest absolute Gasteiger partial charge is 0.138 e. The number of H-pyrrole nitrogens is 1. The van der Waals surface area contributed by atoms with Crippen LogP contribution in [0.2, 0.25) is 5.02 Å². The Morgan fingerprint density at radius 2 is 1.74 bits per heavy atom. The molecule has 0 radical (unpaired) electrons. The van der Waals surface area contributed by atoms with Crippen molar-refractivity contribution in [2.75, 3.05) is 0 Å². The van der Waals surface area contributed by atoms with Crippen molar-refractivity contribution in [1.29, 1.82) is 0 Å². The van der Waals surface area contributed by atoms with E-state index in [0.717, 1.165) is 42.3 Å². The van der Waals surface area contributed by atoms with Crippen molar-refractivity contribution in [3.63, 3.8) is 0 Å². The number of pyridine rings is 1. The SMILES string of the molecule is Clc1cc2[nH]c(-c3ccc(-c4ccccn4)cc3)nc2cc1I. The molecule has 0 aliphatic carbocycles. The van der Waals surface area contributed by atoms with Gasteiger partial charge in [-0.25, -0.2) is 4.98 Å². The van der Waals surface area contributed by atoms with Gasteiger partial charge < -0.3 is 4.98 Å². The van der Waals surface area contributed by atoms with Gasteiger partial charge in [-0.15, -0.1) is 0 Å². The van der Waals surface area contributed by atoms with E-state index in [1.54, 1.807) is 6.20 Å². The molecule has 2 aromatic heterocycles. The zero-order valence-corrected chi connectivity index (χ0v) is 14.8. The zero-order chi connectivity index (χ0) is 15.8. The second-order valence-corrected chi connectivity index (χ2v) is 6.73. The second kappa shape index (κ2) is 5.94. The number of nitrogens with zero attached hydrogens (tertiary/aromatic N) is 2. The van der Waals surface area contributed by atoms with Gasteiger partial charge in [-0.05, 0) is 46.9 Å². The first-order valence-electron chi connectivity index (χ1n) is 7.07. The van der Waals surface area contributed by atoms with Gasteiger partial charge in [0.05, 0.1) is 21.7 Å². The molecule has 3 nitrogen and oxygen atoms in total. The summed E-state index contributed by atoms with van der Waals surface area (Å²) in [5.41, 5.74) is 4.95. The molecule has 112 valence electrons. The summed E-state index contributed by atoms with van der Waals surface area (Å²) < 4.78 is 1.00. The third-order valence-corrected chi connectivity index (χ3v) is 5.17. The number of nitrogens with one attached hydrogen (secondary N) is 1. The van der Waals surface area contributed by atoms with E-state index in [0.29, 0.717) is 0 Å². The molecule has 0 saturated carbocycles. The Labute approximate surface area is 151 Å². The van der Waals surface area contributed by atoms with Crippen molar-refractivity contribution in [2.24, 2.45) is 0 Å². The van der Waals surface area contributed by atoms with Gasteiger partial charge in [0.15, 0.2) is 0 Å². The van der Waals surface area contributed by atoms with Crippen LogP contribution in [0.5, 0.6) is 0 Å². The maximum Gasteiger partial charge on any atom is 0.138 e. The fourth-order valence-electron chi connectivity index (χ4n) is 2.47. The van der Waals surface area contributed by atoms with Crippen molar-refractivity contribution in [2.45, 2.75) is 0 Å². The quantitative estimate of drug-likeness (QED) is 0.423. The Morgan fingerprint density at radius 3 is 2.48 bits per heavy atom.